The van der Waals surface area contributed by atoms with Crippen molar-refractivity contribution >= 4 is 5.91 Å². The van der Waals surface area contributed by atoms with Gasteiger partial charge in [-0.1, -0.05) is 34.6 Å². The summed E-state index contributed by atoms with van der Waals surface area (Å²) in [6.45, 7) is 14.1. The first-order chi connectivity index (χ1) is 5.57. The molecule has 0 fully saturated rings. The lowest BCUT2D eigenvalue weighted by Crippen LogP contribution is -2.51. The molecule has 0 saturated heterocycles. The third-order valence-corrected chi connectivity index (χ3v) is 2.56. The predicted octanol–water partition coefficient (Wildman–Crippen LogP) is 2.58. The molecule has 0 bridgehead atoms. The quantitative estimate of drug-likeness (QED) is 0.704. The highest BCUT2D eigenvalue weighted by Gasteiger charge is 2.29. The van der Waals surface area contributed by atoms with Crippen LogP contribution in [0, 0.1) is 11.3 Å². The summed E-state index contributed by atoms with van der Waals surface area (Å²) in [5.74, 6) is 0.560. The van der Waals surface area contributed by atoms with E-state index in [0.717, 1.165) is 0 Å². The van der Waals surface area contributed by atoms with E-state index in [9.17, 15) is 4.79 Å². The normalized spacial score (nSPS) is 13.2. The summed E-state index contributed by atoms with van der Waals surface area (Å²) in [7, 11) is 0. The Hall–Kier alpha value is -0.530. The van der Waals surface area contributed by atoms with Gasteiger partial charge in [-0.3, -0.25) is 4.79 Å². The molecule has 1 amide bonds. The Morgan fingerprint density at radius 1 is 1.08 bits per heavy atom. The Balaban J connectivity index is 4.38. The monoisotopic (exact) mass is 185 g/mol. The van der Waals surface area contributed by atoms with Gasteiger partial charge in [-0.2, -0.15) is 0 Å². The Bertz CT molecular complexity index is 187. The summed E-state index contributed by atoms with van der Waals surface area (Å²) in [5.41, 5.74) is -0.420. The van der Waals surface area contributed by atoms with Gasteiger partial charge in [0, 0.05) is 11.0 Å². The Labute approximate surface area is 82.1 Å². The van der Waals surface area contributed by atoms with E-state index < -0.39 is 0 Å². The fraction of sp³-hybridized carbons (Fsp3) is 0.909. The maximum Gasteiger partial charge on any atom is 0.225 e. The van der Waals surface area contributed by atoms with Crippen molar-refractivity contribution in [3.63, 3.8) is 0 Å². The third kappa shape index (κ3) is 3.79. The molecule has 78 valence electrons. The van der Waals surface area contributed by atoms with Crippen molar-refractivity contribution in [3.8, 4) is 0 Å². The highest BCUT2D eigenvalue weighted by molar-refractivity contribution is 5.82. The fourth-order valence-corrected chi connectivity index (χ4v) is 0.624. The van der Waals surface area contributed by atoms with Crippen LogP contribution in [0.3, 0.4) is 0 Å². The van der Waals surface area contributed by atoms with Crippen LogP contribution < -0.4 is 5.32 Å². The minimum absolute atomic E-state index is 0.117. The van der Waals surface area contributed by atoms with Crippen molar-refractivity contribution in [1.82, 2.24) is 5.32 Å². The van der Waals surface area contributed by atoms with Gasteiger partial charge in [0.15, 0.2) is 0 Å². The molecule has 0 atom stereocenters. The minimum Gasteiger partial charge on any atom is -0.351 e. The Kier molecular flexibility index (Phi) is 3.54. The van der Waals surface area contributed by atoms with Gasteiger partial charge in [0.1, 0.15) is 0 Å². The van der Waals surface area contributed by atoms with Gasteiger partial charge in [0.2, 0.25) is 5.91 Å². The van der Waals surface area contributed by atoms with Crippen LogP contribution in [0.5, 0.6) is 0 Å². The number of nitrogens with one attached hydrogen (secondary N) is 1. The van der Waals surface area contributed by atoms with Crippen LogP contribution in [0.25, 0.3) is 0 Å². The third-order valence-electron chi connectivity index (χ3n) is 2.56. The number of rotatable bonds is 2. The van der Waals surface area contributed by atoms with Gasteiger partial charge in [0.25, 0.3) is 0 Å². The van der Waals surface area contributed by atoms with Gasteiger partial charge in [-0.15, -0.1) is 0 Å². The van der Waals surface area contributed by atoms with E-state index in [4.69, 9.17) is 0 Å². The molecule has 0 spiro atoms. The van der Waals surface area contributed by atoms with Crippen LogP contribution >= 0.6 is 0 Å². The molecule has 0 unspecified atom stereocenters. The van der Waals surface area contributed by atoms with Crippen LogP contribution in [0.1, 0.15) is 48.5 Å². The summed E-state index contributed by atoms with van der Waals surface area (Å²) < 4.78 is 0. The first-order valence-corrected chi connectivity index (χ1v) is 4.90. The topological polar surface area (TPSA) is 29.1 Å². The maximum atomic E-state index is 11.7. The molecule has 0 aromatic rings. The maximum absolute atomic E-state index is 11.7. The molecule has 0 saturated carbocycles. The lowest BCUT2D eigenvalue weighted by atomic mass is 9.87. The zero-order valence-corrected chi connectivity index (χ0v) is 9.99. The summed E-state index contributed by atoms with van der Waals surface area (Å²) >= 11 is 0. The van der Waals surface area contributed by atoms with Crippen LogP contribution in [0.4, 0.5) is 0 Å². The first-order valence-electron chi connectivity index (χ1n) is 4.90. The second-order valence-electron chi connectivity index (χ2n) is 5.58. The predicted molar refractivity (Wildman–Crippen MR) is 56.5 cm³/mol. The SMILES string of the molecule is CC(C)C(C)(C)NC(=O)C(C)(C)C. The Morgan fingerprint density at radius 3 is 1.69 bits per heavy atom. The zero-order chi connectivity index (χ0) is 10.9. The van der Waals surface area contributed by atoms with Gasteiger partial charge in [-0.05, 0) is 19.8 Å². The number of carbonyl (C=O) groups excluding carboxylic acids is 1. The largest absolute Gasteiger partial charge is 0.351 e. The average molecular weight is 185 g/mol. The molecule has 2 heteroatoms. The van der Waals surface area contributed by atoms with E-state index in [2.05, 4.69) is 33.0 Å². The number of hydrogen-bond donors (Lipinski definition) is 1. The summed E-state index contributed by atoms with van der Waals surface area (Å²) in [4.78, 5) is 11.7. The highest BCUT2D eigenvalue weighted by atomic mass is 16.2. The fourth-order valence-electron chi connectivity index (χ4n) is 0.624. The van der Waals surface area contributed by atoms with E-state index >= 15 is 0 Å². The van der Waals surface area contributed by atoms with Crippen molar-refractivity contribution in [3.05, 3.63) is 0 Å². The average Bonchev–Trinajstić information content (AvgIpc) is 1.83. The van der Waals surface area contributed by atoms with Crippen LogP contribution in [-0.4, -0.2) is 11.4 Å². The second-order valence-corrected chi connectivity index (χ2v) is 5.58. The van der Waals surface area contributed by atoms with Crippen molar-refractivity contribution in [2.45, 2.75) is 54.0 Å². The van der Waals surface area contributed by atoms with Gasteiger partial charge in [-0.25, -0.2) is 0 Å². The molecule has 0 rings (SSSR count). The summed E-state index contributed by atoms with van der Waals surface area (Å²) in [6, 6.07) is 0. The standard InChI is InChI=1S/C11H23NO/c1-8(2)11(6,7)12-9(13)10(3,4)5/h8H,1-7H3,(H,12,13). The zero-order valence-electron chi connectivity index (χ0n) is 9.99. The van der Waals surface area contributed by atoms with E-state index in [1.807, 2.05) is 20.8 Å². The number of amides is 1. The molecule has 0 aliphatic rings. The van der Waals surface area contributed by atoms with Crippen molar-refractivity contribution in [2.24, 2.45) is 11.3 Å². The van der Waals surface area contributed by atoms with Crippen molar-refractivity contribution < 1.29 is 4.79 Å². The van der Waals surface area contributed by atoms with Gasteiger partial charge in [0.05, 0.1) is 0 Å². The molecule has 0 radical (unpaired) electrons. The van der Waals surface area contributed by atoms with Gasteiger partial charge < -0.3 is 5.32 Å². The number of carbonyl (C=O) groups is 1. The van der Waals surface area contributed by atoms with Crippen molar-refractivity contribution in [1.29, 1.82) is 0 Å². The minimum atomic E-state index is -0.299. The summed E-state index contributed by atoms with van der Waals surface area (Å²) in [5, 5.41) is 3.06. The second kappa shape index (κ2) is 3.69. The molecule has 2 nitrogen and oxygen atoms in total. The van der Waals surface area contributed by atoms with E-state index in [-0.39, 0.29) is 16.9 Å². The molecule has 1 N–H and O–H groups in total. The molecule has 0 heterocycles. The molecule has 13 heavy (non-hydrogen) atoms. The van der Waals surface area contributed by atoms with Crippen LogP contribution in [0.15, 0.2) is 0 Å². The molecular formula is C11H23NO. The lowest BCUT2D eigenvalue weighted by Gasteiger charge is -2.33. The molecular weight excluding hydrogens is 162 g/mol. The number of hydrogen-bond acceptors (Lipinski definition) is 1. The van der Waals surface area contributed by atoms with Crippen molar-refractivity contribution in [2.75, 3.05) is 0 Å². The highest BCUT2D eigenvalue weighted by Crippen LogP contribution is 2.19. The Morgan fingerprint density at radius 2 is 1.46 bits per heavy atom. The first kappa shape index (κ1) is 12.5. The van der Waals surface area contributed by atoms with E-state index in [0.29, 0.717) is 5.92 Å². The summed E-state index contributed by atoms with van der Waals surface area (Å²) in [6.07, 6.45) is 0. The molecule has 0 aliphatic heterocycles. The molecule has 0 aromatic heterocycles. The molecule has 0 aromatic carbocycles. The van der Waals surface area contributed by atoms with E-state index in [1.54, 1.807) is 0 Å². The van der Waals surface area contributed by atoms with E-state index in [1.165, 1.54) is 0 Å². The van der Waals surface area contributed by atoms with Crippen LogP contribution in [-0.2, 0) is 4.79 Å². The smallest absolute Gasteiger partial charge is 0.225 e. The lowest BCUT2D eigenvalue weighted by molar-refractivity contribution is -0.130. The van der Waals surface area contributed by atoms with Gasteiger partial charge >= 0.3 is 0 Å². The molecule has 0 aliphatic carbocycles. The van der Waals surface area contributed by atoms with Crippen LogP contribution in [0.2, 0.25) is 0 Å².